The number of hydrogen-bond donors (Lipinski definition) is 3. The van der Waals surface area contributed by atoms with Gasteiger partial charge in [0.2, 0.25) is 6.79 Å². The van der Waals surface area contributed by atoms with Crippen molar-refractivity contribution in [3.05, 3.63) is 72.0 Å². The van der Waals surface area contributed by atoms with Crippen molar-refractivity contribution in [2.75, 3.05) is 50.2 Å². The fraction of sp³-hybridized carbons (Fsp3) is 0.444. The van der Waals surface area contributed by atoms with Gasteiger partial charge in [-0.05, 0) is 87.7 Å². The first kappa shape index (κ1) is 37.7. The predicted molar refractivity (Wildman–Crippen MR) is 188 cm³/mol. The van der Waals surface area contributed by atoms with E-state index in [4.69, 9.17) is 18.9 Å². The third-order valence-corrected chi connectivity index (χ3v) is 10.2. The summed E-state index contributed by atoms with van der Waals surface area (Å²) in [4.78, 5) is 30.5. The first-order valence-electron chi connectivity index (χ1n) is 16.9. The van der Waals surface area contributed by atoms with E-state index >= 15 is 0 Å². The minimum absolute atomic E-state index is 0.100. The number of halogens is 1. The van der Waals surface area contributed by atoms with Gasteiger partial charge in [0.05, 0.1) is 35.3 Å². The van der Waals surface area contributed by atoms with Crippen molar-refractivity contribution in [2.45, 2.75) is 63.2 Å². The molecule has 0 fully saturated rings. The molecule has 4 atom stereocenters. The molecule has 2 aliphatic heterocycles. The predicted octanol–water partition coefficient (Wildman–Crippen LogP) is 5.31. The zero-order chi connectivity index (χ0) is 36.7. The molecule has 3 aromatic rings. The Morgan fingerprint density at radius 2 is 1.73 bits per heavy atom. The molecule has 3 aromatic carbocycles. The molecule has 3 N–H and O–H groups in total. The second-order valence-electron chi connectivity index (χ2n) is 12.9. The van der Waals surface area contributed by atoms with Crippen molar-refractivity contribution in [1.29, 1.82) is 0 Å². The maximum atomic E-state index is 14.4. The number of urea groups is 1. The topological polar surface area (TPSA) is 156 Å². The first-order valence-corrected chi connectivity index (χ1v) is 18.4. The van der Waals surface area contributed by atoms with E-state index in [2.05, 4.69) is 10.0 Å². The van der Waals surface area contributed by atoms with Gasteiger partial charge < -0.3 is 39.2 Å². The summed E-state index contributed by atoms with van der Waals surface area (Å²) in [5.41, 5.74) is 0.743. The number of likely N-dealkylation sites (N-methyl/N-ethyl adjacent to an activating group) is 1. The number of sulfonamides is 1. The van der Waals surface area contributed by atoms with Gasteiger partial charge in [-0.3, -0.25) is 9.52 Å². The summed E-state index contributed by atoms with van der Waals surface area (Å²) in [6.07, 6.45) is 1.39. The number of aliphatic hydroxyl groups is 1. The minimum Gasteiger partial charge on any atom is -0.490 e. The molecule has 0 aliphatic carbocycles. The molecule has 2 heterocycles. The van der Waals surface area contributed by atoms with E-state index in [9.17, 15) is 27.5 Å². The van der Waals surface area contributed by atoms with Crippen molar-refractivity contribution < 1.29 is 46.5 Å². The average Bonchev–Trinajstić information content (AvgIpc) is 3.57. The summed E-state index contributed by atoms with van der Waals surface area (Å²) < 4.78 is 65.5. The molecular formula is C36H45FN4O9S. The molecule has 0 bridgehead atoms. The maximum absolute atomic E-state index is 14.4. The minimum atomic E-state index is -4.11. The van der Waals surface area contributed by atoms with Crippen LogP contribution in [0, 0.1) is 11.7 Å². The van der Waals surface area contributed by atoms with Crippen molar-refractivity contribution in [1.82, 2.24) is 9.80 Å². The monoisotopic (exact) mass is 728 g/mol. The summed E-state index contributed by atoms with van der Waals surface area (Å²) in [6.45, 7) is 6.06. The van der Waals surface area contributed by atoms with Gasteiger partial charge in [0.15, 0.2) is 11.5 Å². The van der Waals surface area contributed by atoms with E-state index in [1.165, 1.54) is 21.9 Å². The van der Waals surface area contributed by atoms with E-state index in [0.29, 0.717) is 30.2 Å². The molecule has 0 aromatic heterocycles. The number of carbonyl (C=O) groups excluding carboxylic acids is 2. The van der Waals surface area contributed by atoms with E-state index in [-0.39, 0.29) is 66.4 Å². The molecule has 2 aliphatic rings. The van der Waals surface area contributed by atoms with Gasteiger partial charge in [0.1, 0.15) is 11.6 Å². The molecule has 0 unspecified atom stereocenters. The second-order valence-corrected chi connectivity index (χ2v) is 14.6. The smallest absolute Gasteiger partial charge is 0.321 e. The summed E-state index contributed by atoms with van der Waals surface area (Å²) in [7, 11) is -2.45. The molecular weight excluding hydrogens is 683 g/mol. The Hall–Kier alpha value is -4.60. The van der Waals surface area contributed by atoms with E-state index < -0.39 is 33.9 Å². The Bertz CT molecular complexity index is 1790. The lowest BCUT2D eigenvalue weighted by molar-refractivity contribution is -0.0115. The van der Waals surface area contributed by atoms with Crippen LogP contribution in [0.25, 0.3) is 0 Å². The molecule has 0 saturated heterocycles. The van der Waals surface area contributed by atoms with Crippen LogP contribution in [0.15, 0.2) is 65.6 Å². The zero-order valence-corrected chi connectivity index (χ0v) is 30.0. The Kier molecular flexibility index (Phi) is 12.3. The molecule has 5 rings (SSSR count). The lowest BCUT2D eigenvalue weighted by Crippen LogP contribution is -2.48. The number of anilines is 2. The van der Waals surface area contributed by atoms with Crippen molar-refractivity contribution in [3.8, 4) is 17.2 Å². The lowest BCUT2D eigenvalue weighted by Gasteiger charge is -2.35. The number of nitrogens with one attached hydrogen (secondary N) is 2. The van der Waals surface area contributed by atoms with Crippen LogP contribution in [0.4, 0.5) is 20.6 Å². The molecule has 15 heteroatoms. The van der Waals surface area contributed by atoms with Crippen LogP contribution in [0.1, 0.15) is 50.4 Å². The van der Waals surface area contributed by atoms with Gasteiger partial charge in [-0.15, -0.1) is 0 Å². The molecule has 0 radical (unpaired) electrons. The molecule has 0 spiro atoms. The third kappa shape index (κ3) is 9.60. The van der Waals surface area contributed by atoms with E-state index in [0.717, 1.165) is 37.1 Å². The quantitative estimate of drug-likeness (QED) is 0.280. The van der Waals surface area contributed by atoms with Crippen LogP contribution in [-0.4, -0.2) is 93.7 Å². The summed E-state index contributed by atoms with van der Waals surface area (Å²) in [6, 6.07) is 13.0. The normalized spacial score (nSPS) is 20.4. The summed E-state index contributed by atoms with van der Waals surface area (Å²) >= 11 is 0. The van der Waals surface area contributed by atoms with Crippen LogP contribution >= 0.6 is 0 Å². The van der Waals surface area contributed by atoms with Crippen LogP contribution in [-0.2, 0) is 14.8 Å². The number of rotatable bonds is 8. The number of amides is 3. The number of nitrogens with zero attached hydrogens (tertiary/aromatic N) is 2. The molecule has 3 amide bonds. The molecule has 0 saturated carbocycles. The zero-order valence-electron chi connectivity index (χ0n) is 29.1. The van der Waals surface area contributed by atoms with Crippen LogP contribution in [0.3, 0.4) is 0 Å². The van der Waals surface area contributed by atoms with E-state index in [1.54, 1.807) is 38.2 Å². The molecule has 51 heavy (non-hydrogen) atoms. The Morgan fingerprint density at radius 1 is 1.02 bits per heavy atom. The average molecular weight is 729 g/mol. The number of benzene rings is 3. The van der Waals surface area contributed by atoms with Crippen molar-refractivity contribution in [3.63, 3.8) is 0 Å². The SMILES string of the molecule is C[C@H]1CCCCO[C@@H](CN(C)C(=O)Nc2ccc3c(c2)OCO3)[C@@H](C)CN([C@@H](C)CO)C(=O)c2cc(NS(=O)(=O)c3ccc(F)cc3)ccc2O1. The molecule has 13 nitrogen and oxygen atoms in total. The number of carbonyl (C=O) groups is 2. The van der Waals surface area contributed by atoms with Gasteiger partial charge in [0, 0.05) is 50.1 Å². The third-order valence-electron chi connectivity index (χ3n) is 8.85. The highest BCUT2D eigenvalue weighted by Crippen LogP contribution is 2.34. The first-order chi connectivity index (χ1) is 24.3. The highest BCUT2D eigenvalue weighted by atomic mass is 32.2. The maximum Gasteiger partial charge on any atom is 0.321 e. The Labute approximate surface area is 297 Å². The van der Waals surface area contributed by atoms with Gasteiger partial charge in [-0.1, -0.05) is 6.92 Å². The second kappa shape index (κ2) is 16.6. The van der Waals surface area contributed by atoms with E-state index in [1.807, 2.05) is 13.8 Å². The number of fused-ring (bicyclic) bond motifs is 2. The number of ether oxygens (including phenoxy) is 4. The number of aliphatic hydroxyl groups excluding tert-OH is 1. The fourth-order valence-corrected chi connectivity index (χ4v) is 6.87. The van der Waals surface area contributed by atoms with Gasteiger partial charge >= 0.3 is 6.03 Å². The van der Waals surface area contributed by atoms with Crippen LogP contribution < -0.4 is 24.2 Å². The molecule has 276 valence electrons. The van der Waals surface area contributed by atoms with Gasteiger partial charge in [-0.25, -0.2) is 17.6 Å². The van der Waals surface area contributed by atoms with Gasteiger partial charge in [0.25, 0.3) is 15.9 Å². The van der Waals surface area contributed by atoms with Crippen LogP contribution in [0.5, 0.6) is 17.2 Å². The summed E-state index contributed by atoms with van der Waals surface area (Å²) in [5, 5.41) is 13.1. The van der Waals surface area contributed by atoms with Crippen molar-refractivity contribution >= 4 is 33.3 Å². The Morgan fingerprint density at radius 3 is 2.47 bits per heavy atom. The van der Waals surface area contributed by atoms with Gasteiger partial charge in [-0.2, -0.15) is 0 Å². The number of hydrogen-bond acceptors (Lipinski definition) is 9. The lowest BCUT2D eigenvalue weighted by atomic mass is 10.0. The highest BCUT2D eigenvalue weighted by molar-refractivity contribution is 7.92. The van der Waals surface area contributed by atoms with Crippen molar-refractivity contribution in [2.24, 2.45) is 5.92 Å². The standard InChI is InChI=1S/C36H45FN4O9S/c1-23-19-41(24(2)21-42)35(43)30-17-28(39-51(45,46)29-12-8-26(37)9-13-29)11-14-31(30)50-25(3)7-5-6-16-47-34(23)20-40(4)36(44)38-27-10-15-32-33(18-27)49-22-48-32/h8-15,17-18,23-25,34,39,42H,5-7,16,19-22H2,1-4H3,(H,38,44)/t23-,24-,25-,34-/m0/s1. The summed E-state index contributed by atoms with van der Waals surface area (Å²) in [5.74, 6) is 0.0387. The van der Waals surface area contributed by atoms with Crippen LogP contribution in [0.2, 0.25) is 0 Å². The largest absolute Gasteiger partial charge is 0.490 e. The fourth-order valence-electron chi connectivity index (χ4n) is 5.82. The Balaban J connectivity index is 1.39. The highest BCUT2D eigenvalue weighted by Gasteiger charge is 2.31.